The van der Waals surface area contributed by atoms with Crippen LogP contribution in [0.1, 0.15) is 37.8 Å². The molecule has 1 saturated heterocycles. The smallest absolute Gasteiger partial charge is 0.228 e. The minimum Gasteiger partial charge on any atom is -0.325 e. The van der Waals surface area contributed by atoms with Crippen molar-refractivity contribution < 1.29 is 4.79 Å². The molecular weight excluding hydrogens is 274 g/mol. The van der Waals surface area contributed by atoms with Crippen molar-refractivity contribution in [3.63, 3.8) is 0 Å². The van der Waals surface area contributed by atoms with Gasteiger partial charge in [0.05, 0.1) is 5.92 Å². The van der Waals surface area contributed by atoms with Crippen molar-refractivity contribution in [2.75, 3.05) is 25.0 Å². The maximum absolute atomic E-state index is 12.3. The SMILES string of the molecule is CC(C)CCN1Cc2cccc(NC(=O)C3CCNC3)c2C1. The number of rotatable bonds is 5. The standard InChI is InChI=1S/C18H27N3O/c1-13(2)7-9-21-11-15-4-3-5-17(16(15)12-21)20-18(22)14-6-8-19-10-14/h3-5,13-14,19H,6-12H2,1-2H3,(H,20,22). The first-order chi connectivity index (χ1) is 10.6. The third-order valence-electron chi connectivity index (χ3n) is 4.76. The number of hydrogen-bond acceptors (Lipinski definition) is 3. The summed E-state index contributed by atoms with van der Waals surface area (Å²) in [5, 5.41) is 6.42. The molecule has 2 aliphatic heterocycles. The van der Waals surface area contributed by atoms with E-state index in [1.807, 2.05) is 6.07 Å². The quantitative estimate of drug-likeness (QED) is 0.878. The zero-order valence-electron chi connectivity index (χ0n) is 13.7. The van der Waals surface area contributed by atoms with Crippen molar-refractivity contribution >= 4 is 11.6 Å². The van der Waals surface area contributed by atoms with E-state index in [9.17, 15) is 4.79 Å². The lowest BCUT2D eigenvalue weighted by atomic mass is 10.1. The van der Waals surface area contributed by atoms with Gasteiger partial charge in [-0.05, 0) is 49.0 Å². The van der Waals surface area contributed by atoms with Crippen LogP contribution < -0.4 is 10.6 Å². The molecule has 0 radical (unpaired) electrons. The van der Waals surface area contributed by atoms with E-state index < -0.39 is 0 Å². The number of carbonyl (C=O) groups is 1. The van der Waals surface area contributed by atoms with Crippen LogP contribution in [-0.4, -0.2) is 30.4 Å². The van der Waals surface area contributed by atoms with Gasteiger partial charge in [-0.15, -0.1) is 0 Å². The van der Waals surface area contributed by atoms with Gasteiger partial charge < -0.3 is 10.6 Å². The second-order valence-corrected chi connectivity index (χ2v) is 7.02. The molecule has 4 heteroatoms. The molecule has 1 atom stereocenters. The first-order valence-corrected chi connectivity index (χ1v) is 8.48. The van der Waals surface area contributed by atoms with Crippen LogP contribution >= 0.6 is 0 Å². The van der Waals surface area contributed by atoms with Crippen molar-refractivity contribution in [1.82, 2.24) is 10.2 Å². The third-order valence-corrected chi connectivity index (χ3v) is 4.76. The fourth-order valence-electron chi connectivity index (χ4n) is 3.32. The van der Waals surface area contributed by atoms with E-state index in [0.717, 1.165) is 50.7 Å². The zero-order chi connectivity index (χ0) is 15.5. The van der Waals surface area contributed by atoms with Gasteiger partial charge in [0.25, 0.3) is 0 Å². The molecule has 2 N–H and O–H groups in total. The van der Waals surface area contributed by atoms with E-state index in [4.69, 9.17) is 0 Å². The number of nitrogens with zero attached hydrogens (tertiary/aromatic N) is 1. The highest BCUT2D eigenvalue weighted by Gasteiger charge is 2.25. The molecule has 0 saturated carbocycles. The molecule has 1 unspecified atom stereocenters. The van der Waals surface area contributed by atoms with Crippen LogP contribution in [0.2, 0.25) is 0 Å². The normalized spacial score (nSPS) is 21.3. The van der Waals surface area contributed by atoms with E-state index in [-0.39, 0.29) is 11.8 Å². The summed E-state index contributed by atoms with van der Waals surface area (Å²) < 4.78 is 0. The van der Waals surface area contributed by atoms with Crippen molar-refractivity contribution in [3.05, 3.63) is 29.3 Å². The third kappa shape index (κ3) is 3.50. The Hall–Kier alpha value is -1.39. The molecule has 0 aliphatic carbocycles. The van der Waals surface area contributed by atoms with E-state index in [1.165, 1.54) is 17.5 Å². The molecular formula is C18H27N3O. The number of anilines is 1. The fourth-order valence-corrected chi connectivity index (χ4v) is 3.32. The van der Waals surface area contributed by atoms with E-state index in [2.05, 4.69) is 41.5 Å². The molecule has 0 spiro atoms. The predicted octanol–water partition coefficient (Wildman–Crippen LogP) is 2.60. The molecule has 1 amide bonds. The highest BCUT2D eigenvalue weighted by molar-refractivity contribution is 5.93. The summed E-state index contributed by atoms with van der Waals surface area (Å²) in [5.41, 5.74) is 3.69. The molecule has 1 aromatic rings. The summed E-state index contributed by atoms with van der Waals surface area (Å²) in [7, 11) is 0. The second kappa shape index (κ2) is 6.80. The monoisotopic (exact) mass is 301 g/mol. The molecule has 1 aromatic carbocycles. The molecule has 120 valence electrons. The highest BCUT2D eigenvalue weighted by Crippen LogP contribution is 2.30. The average molecular weight is 301 g/mol. The lowest BCUT2D eigenvalue weighted by molar-refractivity contribution is -0.119. The van der Waals surface area contributed by atoms with Gasteiger partial charge >= 0.3 is 0 Å². The van der Waals surface area contributed by atoms with Crippen LogP contribution in [0.5, 0.6) is 0 Å². The molecule has 2 heterocycles. The second-order valence-electron chi connectivity index (χ2n) is 7.02. The summed E-state index contributed by atoms with van der Waals surface area (Å²) in [5.74, 6) is 1.02. The average Bonchev–Trinajstić information content (AvgIpc) is 3.14. The number of fused-ring (bicyclic) bond motifs is 1. The lowest BCUT2D eigenvalue weighted by Gasteiger charge is -2.16. The predicted molar refractivity (Wildman–Crippen MR) is 89.6 cm³/mol. The van der Waals surface area contributed by atoms with Crippen molar-refractivity contribution in [2.45, 2.75) is 39.8 Å². The van der Waals surface area contributed by atoms with Crippen LogP contribution in [-0.2, 0) is 17.9 Å². The van der Waals surface area contributed by atoms with Gasteiger partial charge in [-0.3, -0.25) is 9.69 Å². The molecule has 0 aromatic heterocycles. The number of amides is 1. The van der Waals surface area contributed by atoms with Crippen LogP contribution in [0, 0.1) is 11.8 Å². The Kier molecular flexibility index (Phi) is 4.79. The first-order valence-electron chi connectivity index (χ1n) is 8.48. The molecule has 0 bridgehead atoms. The Morgan fingerprint density at radius 2 is 2.27 bits per heavy atom. The molecule has 2 aliphatic rings. The van der Waals surface area contributed by atoms with Gasteiger partial charge in [-0.25, -0.2) is 0 Å². The summed E-state index contributed by atoms with van der Waals surface area (Å²) in [6.07, 6.45) is 2.17. The lowest BCUT2D eigenvalue weighted by Crippen LogP contribution is -2.25. The van der Waals surface area contributed by atoms with Crippen LogP contribution in [0.15, 0.2) is 18.2 Å². The molecule has 3 rings (SSSR count). The van der Waals surface area contributed by atoms with Crippen molar-refractivity contribution in [1.29, 1.82) is 0 Å². The molecule has 22 heavy (non-hydrogen) atoms. The number of benzene rings is 1. The van der Waals surface area contributed by atoms with Gasteiger partial charge in [0.1, 0.15) is 0 Å². The van der Waals surface area contributed by atoms with E-state index >= 15 is 0 Å². The van der Waals surface area contributed by atoms with Gasteiger partial charge in [-0.1, -0.05) is 26.0 Å². The molecule has 4 nitrogen and oxygen atoms in total. The number of carbonyl (C=O) groups excluding carboxylic acids is 1. The van der Waals surface area contributed by atoms with Gasteiger partial charge in [0.2, 0.25) is 5.91 Å². The minimum atomic E-state index is 0.120. The number of hydrogen-bond donors (Lipinski definition) is 2. The Labute approximate surface area is 133 Å². The Bertz CT molecular complexity index is 535. The zero-order valence-corrected chi connectivity index (χ0v) is 13.7. The minimum absolute atomic E-state index is 0.120. The molecule has 1 fully saturated rings. The van der Waals surface area contributed by atoms with Gasteiger partial charge in [-0.2, -0.15) is 0 Å². The Morgan fingerprint density at radius 3 is 3.00 bits per heavy atom. The Balaban J connectivity index is 1.65. The van der Waals surface area contributed by atoms with Gasteiger partial charge in [0.15, 0.2) is 0 Å². The highest BCUT2D eigenvalue weighted by atomic mass is 16.1. The van der Waals surface area contributed by atoms with E-state index in [1.54, 1.807) is 0 Å². The van der Waals surface area contributed by atoms with Gasteiger partial charge in [0, 0.05) is 25.3 Å². The fraction of sp³-hybridized carbons (Fsp3) is 0.611. The summed E-state index contributed by atoms with van der Waals surface area (Å²) in [6, 6.07) is 6.30. The van der Waals surface area contributed by atoms with Crippen LogP contribution in [0.25, 0.3) is 0 Å². The maximum Gasteiger partial charge on any atom is 0.228 e. The summed E-state index contributed by atoms with van der Waals surface area (Å²) in [4.78, 5) is 14.8. The van der Waals surface area contributed by atoms with Crippen molar-refractivity contribution in [3.8, 4) is 0 Å². The first kappa shape index (κ1) is 15.5. The van der Waals surface area contributed by atoms with Crippen molar-refractivity contribution in [2.24, 2.45) is 11.8 Å². The largest absolute Gasteiger partial charge is 0.325 e. The summed E-state index contributed by atoms with van der Waals surface area (Å²) in [6.45, 7) is 9.40. The topological polar surface area (TPSA) is 44.4 Å². The van der Waals surface area contributed by atoms with E-state index in [0.29, 0.717) is 0 Å². The number of nitrogens with one attached hydrogen (secondary N) is 2. The summed E-state index contributed by atoms with van der Waals surface area (Å²) >= 11 is 0. The Morgan fingerprint density at radius 1 is 1.41 bits per heavy atom. The van der Waals surface area contributed by atoms with Crippen LogP contribution in [0.4, 0.5) is 5.69 Å². The van der Waals surface area contributed by atoms with Crippen LogP contribution in [0.3, 0.4) is 0 Å². The maximum atomic E-state index is 12.3.